The standard InChI is InChI=1S/C56H34N4O/c57-35-36-12-9-19-40(28-36)42-20-10-21-44(30-42)54-58-55(60-56(59-54)48-32-46(37-13-3-1-4-14-37)31-47(33-48)38-15-5-2-6-16-38)45-26-27-50-52(34-45)61-51-23-11-22-49(53(50)51)43-25-24-39-17-7-8-18-41(39)29-43/h1-34H. The van der Waals surface area contributed by atoms with E-state index in [1.54, 1.807) is 0 Å². The van der Waals surface area contributed by atoms with Crippen LogP contribution < -0.4 is 0 Å². The van der Waals surface area contributed by atoms with Crippen LogP contribution in [-0.4, -0.2) is 15.0 Å². The summed E-state index contributed by atoms with van der Waals surface area (Å²) in [7, 11) is 0. The van der Waals surface area contributed by atoms with Crippen molar-refractivity contribution in [2.75, 3.05) is 0 Å². The monoisotopic (exact) mass is 778 g/mol. The van der Waals surface area contributed by atoms with E-state index < -0.39 is 0 Å². The van der Waals surface area contributed by atoms with E-state index in [2.05, 4.69) is 146 Å². The number of furan rings is 1. The Hall–Kier alpha value is -8.46. The maximum atomic E-state index is 9.63. The van der Waals surface area contributed by atoms with E-state index in [1.807, 2.05) is 66.7 Å². The Bertz CT molecular complexity index is 3440. The van der Waals surface area contributed by atoms with Crippen LogP contribution >= 0.6 is 0 Å². The molecule has 0 aliphatic rings. The molecular formula is C56H34N4O. The fourth-order valence-electron chi connectivity index (χ4n) is 8.28. The highest BCUT2D eigenvalue weighted by molar-refractivity contribution is 6.13. The Morgan fingerprint density at radius 3 is 1.61 bits per heavy atom. The predicted molar refractivity (Wildman–Crippen MR) is 247 cm³/mol. The molecule has 2 heterocycles. The van der Waals surface area contributed by atoms with Crippen molar-refractivity contribution in [2.24, 2.45) is 0 Å². The summed E-state index contributed by atoms with van der Waals surface area (Å²) in [6, 6.07) is 72.9. The van der Waals surface area contributed by atoms with Crippen LogP contribution in [0, 0.1) is 11.3 Å². The van der Waals surface area contributed by atoms with Gasteiger partial charge in [-0.1, -0.05) is 146 Å². The normalized spacial score (nSPS) is 11.3. The minimum Gasteiger partial charge on any atom is -0.456 e. The maximum Gasteiger partial charge on any atom is 0.164 e. The molecule has 0 N–H and O–H groups in total. The summed E-state index contributed by atoms with van der Waals surface area (Å²) in [5.41, 5.74) is 13.2. The SMILES string of the molecule is N#Cc1cccc(-c2cccc(-c3nc(-c4cc(-c5ccccc5)cc(-c5ccccc5)c4)nc(-c4ccc5c(c4)oc4cccc(-c6ccc7ccccc7c6)c45)n3)c2)c1. The van der Waals surface area contributed by atoms with E-state index in [0.29, 0.717) is 23.0 Å². The van der Waals surface area contributed by atoms with Gasteiger partial charge in [0.25, 0.3) is 0 Å². The van der Waals surface area contributed by atoms with Gasteiger partial charge in [0.2, 0.25) is 0 Å². The van der Waals surface area contributed by atoms with Gasteiger partial charge in [0, 0.05) is 27.5 Å². The maximum absolute atomic E-state index is 9.63. The number of aromatic nitrogens is 3. The third kappa shape index (κ3) is 6.78. The molecule has 11 aromatic rings. The van der Waals surface area contributed by atoms with Gasteiger partial charge in [-0.05, 0) is 116 Å². The van der Waals surface area contributed by atoms with Crippen molar-refractivity contribution in [3.63, 3.8) is 0 Å². The van der Waals surface area contributed by atoms with Crippen molar-refractivity contribution < 1.29 is 4.42 Å². The molecule has 0 bridgehead atoms. The third-order valence-corrected chi connectivity index (χ3v) is 11.3. The number of fused-ring (bicyclic) bond motifs is 4. The fraction of sp³-hybridized carbons (Fsp3) is 0. The molecule has 9 aromatic carbocycles. The zero-order valence-electron chi connectivity index (χ0n) is 32.8. The van der Waals surface area contributed by atoms with Gasteiger partial charge in [-0.2, -0.15) is 5.26 Å². The summed E-state index contributed by atoms with van der Waals surface area (Å²) in [5.74, 6) is 1.61. The highest BCUT2D eigenvalue weighted by atomic mass is 16.3. The molecule has 5 nitrogen and oxygen atoms in total. The lowest BCUT2D eigenvalue weighted by Crippen LogP contribution is -2.01. The Kier molecular flexibility index (Phi) is 8.80. The first kappa shape index (κ1) is 35.7. The highest BCUT2D eigenvalue weighted by Gasteiger charge is 2.18. The van der Waals surface area contributed by atoms with Gasteiger partial charge in [-0.15, -0.1) is 0 Å². The highest BCUT2D eigenvalue weighted by Crippen LogP contribution is 2.40. The van der Waals surface area contributed by atoms with E-state index in [4.69, 9.17) is 19.4 Å². The quantitative estimate of drug-likeness (QED) is 0.161. The summed E-state index contributed by atoms with van der Waals surface area (Å²) in [4.78, 5) is 15.6. The first-order valence-electron chi connectivity index (χ1n) is 20.2. The fourth-order valence-corrected chi connectivity index (χ4v) is 8.28. The van der Waals surface area contributed by atoms with Gasteiger partial charge in [-0.3, -0.25) is 0 Å². The first-order chi connectivity index (χ1) is 30.1. The third-order valence-electron chi connectivity index (χ3n) is 11.3. The zero-order chi connectivity index (χ0) is 40.7. The van der Waals surface area contributed by atoms with Gasteiger partial charge in [-0.25, -0.2) is 15.0 Å². The molecule has 0 radical (unpaired) electrons. The molecule has 0 atom stereocenters. The van der Waals surface area contributed by atoms with Crippen molar-refractivity contribution >= 4 is 32.7 Å². The lowest BCUT2D eigenvalue weighted by atomic mass is 9.95. The van der Waals surface area contributed by atoms with E-state index in [0.717, 1.165) is 83.1 Å². The van der Waals surface area contributed by atoms with Crippen LogP contribution in [0.5, 0.6) is 0 Å². The number of nitrogens with zero attached hydrogens (tertiary/aromatic N) is 4. The molecular weight excluding hydrogens is 745 g/mol. The molecule has 0 fully saturated rings. The molecule has 0 saturated heterocycles. The van der Waals surface area contributed by atoms with Crippen molar-refractivity contribution in [1.82, 2.24) is 15.0 Å². The Morgan fingerprint density at radius 2 is 0.885 bits per heavy atom. The smallest absolute Gasteiger partial charge is 0.164 e. The molecule has 0 amide bonds. The average Bonchev–Trinajstić information content (AvgIpc) is 3.72. The van der Waals surface area contributed by atoms with Crippen LogP contribution in [0.2, 0.25) is 0 Å². The second kappa shape index (κ2) is 15.0. The Labute approximate surface area is 352 Å². The van der Waals surface area contributed by atoms with Crippen molar-refractivity contribution in [3.05, 3.63) is 212 Å². The largest absolute Gasteiger partial charge is 0.456 e. The number of rotatable bonds is 7. The molecule has 0 aliphatic carbocycles. The van der Waals surface area contributed by atoms with Gasteiger partial charge in [0.15, 0.2) is 17.5 Å². The summed E-state index contributed by atoms with van der Waals surface area (Å²) >= 11 is 0. The lowest BCUT2D eigenvalue weighted by molar-refractivity contribution is 0.669. The zero-order valence-corrected chi connectivity index (χ0v) is 32.8. The molecule has 0 spiro atoms. The molecule has 0 unspecified atom stereocenters. The van der Waals surface area contributed by atoms with Gasteiger partial charge >= 0.3 is 0 Å². The van der Waals surface area contributed by atoms with Crippen LogP contribution in [0.15, 0.2) is 211 Å². The first-order valence-corrected chi connectivity index (χ1v) is 20.2. The van der Waals surface area contributed by atoms with Crippen LogP contribution in [0.4, 0.5) is 0 Å². The number of hydrogen-bond donors (Lipinski definition) is 0. The van der Waals surface area contributed by atoms with Gasteiger partial charge in [0.1, 0.15) is 11.2 Å². The summed E-state index contributed by atoms with van der Waals surface area (Å²) in [5, 5.41) is 14.1. The van der Waals surface area contributed by atoms with Crippen LogP contribution in [-0.2, 0) is 0 Å². The van der Waals surface area contributed by atoms with Crippen molar-refractivity contribution in [2.45, 2.75) is 0 Å². The second-order valence-electron chi connectivity index (χ2n) is 15.2. The van der Waals surface area contributed by atoms with Gasteiger partial charge in [0.05, 0.1) is 11.6 Å². The van der Waals surface area contributed by atoms with Crippen LogP contribution in [0.25, 0.3) is 111 Å². The van der Waals surface area contributed by atoms with Crippen LogP contribution in [0.1, 0.15) is 5.56 Å². The molecule has 61 heavy (non-hydrogen) atoms. The minimum absolute atomic E-state index is 0.528. The van der Waals surface area contributed by atoms with E-state index >= 15 is 0 Å². The van der Waals surface area contributed by atoms with Crippen LogP contribution in [0.3, 0.4) is 0 Å². The average molecular weight is 779 g/mol. The number of hydrogen-bond acceptors (Lipinski definition) is 5. The Balaban J connectivity index is 1.09. The summed E-state index contributed by atoms with van der Waals surface area (Å²) in [6.07, 6.45) is 0. The van der Waals surface area contributed by atoms with Crippen molar-refractivity contribution in [3.8, 4) is 84.7 Å². The molecule has 284 valence electrons. The molecule has 11 rings (SSSR count). The molecule has 0 aliphatic heterocycles. The Morgan fingerprint density at radius 1 is 0.344 bits per heavy atom. The molecule has 5 heteroatoms. The van der Waals surface area contributed by atoms with E-state index in [9.17, 15) is 5.26 Å². The lowest BCUT2D eigenvalue weighted by Gasteiger charge is -2.13. The minimum atomic E-state index is 0.528. The number of nitriles is 1. The van der Waals surface area contributed by atoms with Crippen molar-refractivity contribution in [1.29, 1.82) is 5.26 Å². The second-order valence-corrected chi connectivity index (χ2v) is 15.2. The summed E-state index contributed by atoms with van der Waals surface area (Å²) in [6.45, 7) is 0. The summed E-state index contributed by atoms with van der Waals surface area (Å²) < 4.78 is 6.61. The van der Waals surface area contributed by atoms with Gasteiger partial charge < -0.3 is 4.42 Å². The molecule has 2 aromatic heterocycles. The number of benzene rings is 9. The molecule has 0 saturated carbocycles. The van der Waals surface area contributed by atoms with E-state index in [1.165, 1.54) is 10.8 Å². The topological polar surface area (TPSA) is 75.6 Å². The predicted octanol–water partition coefficient (Wildman–Crippen LogP) is 14.5. The van der Waals surface area contributed by atoms with E-state index in [-0.39, 0.29) is 0 Å².